The number of amides is 1. The number of carbonyl (C=O) groups is 1. The normalized spacial score (nSPS) is 12.0. The molecule has 7 nitrogen and oxygen atoms in total. The molecular weight excluding hydrogens is 303 g/mol. The molecule has 0 saturated heterocycles. The first-order valence-electron chi connectivity index (χ1n) is 7.14. The molecule has 1 heterocycles. The number of nitrogens with zero attached hydrogens (tertiary/aromatic N) is 4. The lowest BCUT2D eigenvalue weighted by molar-refractivity contribution is -0.385. The van der Waals surface area contributed by atoms with Crippen molar-refractivity contribution in [1.29, 1.82) is 0 Å². The van der Waals surface area contributed by atoms with Crippen LogP contribution in [-0.4, -0.2) is 32.1 Å². The Morgan fingerprint density at radius 2 is 2.09 bits per heavy atom. The van der Waals surface area contributed by atoms with Gasteiger partial charge < -0.3 is 4.90 Å². The average Bonchev–Trinajstić information content (AvgIpc) is 2.97. The zero-order valence-corrected chi connectivity index (χ0v) is 12.8. The summed E-state index contributed by atoms with van der Waals surface area (Å²) in [6.45, 7) is 4.05. The van der Waals surface area contributed by atoms with Crippen molar-refractivity contribution in [2.45, 2.75) is 26.4 Å². The summed E-state index contributed by atoms with van der Waals surface area (Å²) in [5.41, 5.74) is 0.653. The highest BCUT2D eigenvalue weighted by Gasteiger charge is 2.21. The van der Waals surface area contributed by atoms with Gasteiger partial charge in [-0.25, -0.2) is 4.39 Å². The number of aromatic nitrogens is 2. The molecule has 0 spiro atoms. The number of hydrogen-bond acceptors (Lipinski definition) is 4. The van der Waals surface area contributed by atoms with E-state index in [4.69, 9.17) is 0 Å². The fourth-order valence-corrected chi connectivity index (χ4v) is 2.35. The summed E-state index contributed by atoms with van der Waals surface area (Å²) in [5.74, 6) is -0.554. The zero-order valence-electron chi connectivity index (χ0n) is 12.8. The van der Waals surface area contributed by atoms with Crippen LogP contribution in [0.1, 0.15) is 25.5 Å². The Labute approximate surface area is 132 Å². The highest BCUT2D eigenvalue weighted by molar-refractivity contribution is 5.76. The SMILES string of the molecule is CCN(C(=O)Cn1cc([N+](=O)[O-])cn1)C(C)c1ccc(F)cc1. The molecule has 23 heavy (non-hydrogen) atoms. The number of halogens is 1. The molecule has 0 N–H and O–H groups in total. The predicted octanol–water partition coefficient (Wildman–Crippen LogP) is 2.54. The van der Waals surface area contributed by atoms with Gasteiger partial charge in [-0.2, -0.15) is 5.10 Å². The number of nitro groups is 1. The molecule has 0 aliphatic rings. The first kappa shape index (κ1) is 16.6. The molecule has 122 valence electrons. The van der Waals surface area contributed by atoms with Gasteiger partial charge in [0, 0.05) is 6.54 Å². The summed E-state index contributed by atoms with van der Waals surface area (Å²) in [7, 11) is 0. The molecule has 1 atom stereocenters. The van der Waals surface area contributed by atoms with Crippen molar-refractivity contribution < 1.29 is 14.1 Å². The zero-order chi connectivity index (χ0) is 17.0. The molecule has 2 aromatic rings. The Hall–Kier alpha value is -2.77. The maximum absolute atomic E-state index is 13.0. The lowest BCUT2D eigenvalue weighted by Crippen LogP contribution is -2.36. The second-order valence-corrected chi connectivity index (χ2v) is 5.06. The van der Waals surface area contributed by atoms with Gasteiger partial charge in [0.1, 0.15) is 24.8 Å². The van der Waals surface area contributed by atoms with Gasteiger partial charge in [0.2, 0.25) is 5.91 Å². The topological polar surface area (TPSA) is 81.3 Å². The van der Waals surface area contributed by atoms with Crippen LogP contribution in [-0.2, 0) is 11.3 Å². The molecule has 0 aliphatic heterocycles. The summed E-state index contributed by atoms with van der Waals surface area (Å²) < 4.78 is 14.2. The Morgan fingerprint density at radius 1 is 1.43 bits per heavy atom. The van der Waals surface area contributed by atoms with Gasteiger partial charge in [-0.15, -0.1) is 0 Å². The Kier molecular flexibility index (Phi) is 5.05. The smallest absolute Gasteiger partial charge is 0.307 e. The first-order valence-corrected chi connectivity index (χ1v) is 7.14. The van der Waals surface area contributed by atoms with Crippen LogP contribution in [0.2, 0.25) is 0 Å². The second kappa shape index (κ2) is 6.99. The van der Waals surface area contributed by atoms with E-state index in [1.165, 1.54) is 23.0 Å². The van der Waals surface area contributed by atoms with Crippen LogP contribution in [0.4, 0.5) is 10.1 Å². The molecule has 0 aliphatic carbocycles. The summed E-state index contributed by atoms with van der Waals surface area (Å²) >= 11 is 0. The molecule has 1 aromatic heterocycles. The summed E-state index contributed by atoms with van der Waals surface area (Å²) in [6, 6.07) is 5.73. The van der Waals surface area contributed by atoms with Crippen LogP contribution in [0.15, 0.2) is 36.7 Å². The fourth-order valence-electron chi connectivity index (χ4n) is 2.35. The first-order chi connectivity index (χ1) is 10.9. The second-order valence-electron chi connectivity index (χ2n) is 5.06. The highest BCUT2D eigenvalue weighted by Crippen LogP contribution is 2.21. The minimum Gasteiger partial charge on any atom is -0.335 e. The van der Waals surface area contributed by atoms with E-state index in [9.17, 15) is 19.3 Å². The van der Waals surface area contributed by atoms with Crippen molar-refractivity contribution in [2.24, 2.45) is 0 Å². The quantitative estimate of drug-likeness (QED) is 0.605. The van der Waals surface area contributed by atoms with Crippen molar-refractivity contribution in [3.63, 3.8) is 0 Å². The predicted molar refractivity (Wildman–Crippen MR) is 81.1 cm³/mol. The molecule has 8 heteroatoms. The van der Waals surface area contributed by atoms with Gasteiger partial charge in [0.05, 0.1) is 11.0 Å². The number of benzene rings is 1. The minimum atomic E-state index is -0.563. The molecule has 2 rings (SSSR count). The molecule has 0 fully saturated rings. The Morgan fingerprint density at radius 3 is 2.61 bits per heavy atom. The van der Waals surface area contributed by atoms with Crippen LogP contribution >= 0.6 is 0 Å². The summed E-state index contributed by atoms with van der Waals surface area (Å²) in [6.07, 6.45) is 2.32. The van der Waals surface area contributed by atoms with Crippen LogP contribution < -0.4 is 0 Å². The largest absolute Gasteiger partial charge is 0.335 e. The van der Waals surface area contributed by atoms with E-state index >= 15 is 0 Å². The molecular formula is C15H17FN4O3. The lowest BCUT2D eigenvalue weighted by atomic mass is 10.1. The van der Waals surface area contributed by atoms with E-state index in [1.807, 2.05) is 13.8 Å². The van der Waals surface area contributed by atoms with Crippen LogP contribution in [0, 0.1) is 15.9 Å². The molecule has 1 unspecified atom stereocenters. The molecule has 1 amide bonds. The van der Waals surface area contributed by atoms with E-state index in [0.29, 0.717) is 6.54 Å². The fraction of sp³-hybridized carbons (Fsp3) is 0.333. The van der Waals surface area contributed by atoms with Gasteiger partial charge in [-0.3, -0.25) is 19.6 Å². The van der Waals surface area contributed by atoms with Gasteiger partial charge in [-0.05, 0) is 31.5 Å². The summed E-state index contributed by atoms with van der Waals surface area (Å²) in [4.78, 5) is 24.1. The molecule has 0 bridgehead atoms. The van der Waals surface area contributed by atoms with E-state index < -0.39 is 4.92 Å². The van der Waals surface area contributed by atoms with E-state index in [-0.39, 0.29) is 30.0 Å². The highest BCUT2D eigenvalue weighted by atomic mass is 19.1. The van der Waals surface area contributed by atoms with Crippen LogP contribution in [0.3, 0.4) is 0 Å². The van der Waals surface area contributed by atoms with Gasteiger partial charge >= 0.3 is 5.69 Å². The van der Waals surface area contributed by atoms with E-state index in [1.54, 1.807) is 17.0 Å². The number of hydrogen-bond donors (Lipinski definition) is 0. The molecule has 0 saturated carbocycles. The minimum absolute atomic E-state index is 0.0901. The van der Waals surface area contributed by atoms with Gasteiger partial charge in [0.25, 0.3) is 0 Å². The van der Waals surface area contributed by atoms with Crippen LogP contribution in [0.25, 0.3) is 0 Å². The third-order valence-electron chi connectivity index (χ3n) is 3.61. The van der Waals surface area contributed by atoms with Crippen molar-refractivity contribution in [1.82, 2.24) is 14.7 Å². The maximum Gasteiger partial charge on any atom is 0.307 e. The van der Waals surface area contributed by atoms with E-state index in [0.717, 1.165) is 11.8 Å². The molecule has 0 radical (unpaired) electrons. The Balaban J connectivity index is 2.10. The average molecular weight is 320 g/mol. The monoisotopic (exact) mass is 320 g/mol. The van der Waals surface area contributed by atoms with Crippen molar-refractivity contribution in [3.8, 4) is 0 Å². The lowest BCUT2D eigenvalue weighted by Gasteiger charge is -2.28. The van der Waals surface area contributed by atoms with Gasteiger partial charge in [0.15, 0.2) is 0 Å². The maximum atomic E-state index is 13.0. The van der Waals surface area contributed by atoms with Crippen molar-refractivity contribution >= 4 is 11.6 Å². The Bertz CT molecular complexity index is 699. The number of carbonyl (C=O) groups excluding carboxylic acids is 1. The third-order valence-corrected chi connectivity index (χ3v) is 3.61. The molecule has 1 aromatic carbocycles. The number of likely N-dealkylation sites (N-methyl/N-ethyl adjacent to an activating group) is 1. The van der Waals surface area contributed by atoms with Crippen molar-refractivity contribution in [2.75, 3.05) is 6.54 Å². The van der Waals surface area contributed by atoms with Gasteiger partial charge in [-0.1, -0.05) is 12.1 Å². The summed E-state index contributed by atoms with van der Waals surface area (Å²) in [5, 5.41) is 14.5. The van der Waals surface area contributed by atoms with Crippen molar-refractivity contribution in [3.05, 3.63) is 58.2 Å². The third kappa shape index (κ3) is 3.91. The van der Waals surface area contributed by atoms with Crippen LogP contribution in [0.5, 0.6) is 0 Å². The van der Waals surface area contributed by atoms with E-state index in [2.05, 4.69) is 5.10 Å². The standard InChI is InChI=1S/C15H17FN4O3/c1-3-19(11(2)12-4-6-13(16)7-5-12)15(21)10-18-9-14(8-17-18)20(22)23/h4-9,11H,3,10H2,1-2H3. The number of rotatable bonds is 6.